The van der Waals surface area contributed by atoms with E-state index in [1.54, 1.807) is 12.1 Å². The van der Waals surface area contributed by atoms with E-state index < -0.39 is 5.56 Å². The highest BCUT2D eigenvalue weighted by Crippen LogP contribution is 2.26. The lowest BCUT2D eigenvalue weighted by molar-refractivity contribution is 0.187. The van der Waals surface area contributed by atoms with Gasteiger partial charge in [0.1, 0.15) is 0 Å². The van der Waals surface area contributed by atoms with Crippen molar-refractivity contribution < 1.29 is 5.21 Å². The van der Waals surface area contributed by atoms with Gasteiger partial charge in [0.05, 0.1) is 5.69 Å². The molecule has 0 bridgehead atoms. The molecule has 2 heterocycles. The van der Waals surface area contributed by atoms with Crippen LogP contribution in [0.4, 0.5) is 11.4 Å². The topological polar surface area (TPSA) is 67.2 Å². The van der Waals surface area contributed by atoms with E-state index >= 15 is 0 Å². The van der Waals surface area contributed by atoms with E-state index in [2.05, 4.69) is 22.4 Å². The summed E-state index contributed by atoms with van der Waals surface area (Å²) in [6.45, 7) is 0. The molecule has 0 unspecified atom stereocenters. The number of hydrogen-bond donors (Lipinski definition) is 2. The summed E-state index contributed by atoms with van der Waals surface area (Å²) in [5, 5.41) is 13.7. The molecule has 2 aromatic carbocycles. The Labute approximate surface area is 143 Å². The monoisotopic (exact) mass is 329 g/mol. The van der Waals surface area contributed by atoms with Crippen molar-refractivity contribution in [2.45, 2.75) is 0 Å². The molecule has 0 radical (unpaired) electrons. The smallest absolute Gasteiger partial charge is 0.286 e. The number of nitrogens with one attached hydrogen (secondary N) is 1. The molecule has 2 N–H and O–H groups in total. The van der Waals surface area contributed by atoms with E-state index in [4.69, 9.17) is 0 Å². The molecule has 0 spiro atoms. The van der Waals surface area contributed by atoms with Crippen molar-refractivity contribution in [3.05, 3.63) is 89.3 Å². The Morgan fingerprint density at radius 2 is 1.60 bits per heavy atom. The highest BCUT2D eigenvalue weighted by Gasteiger charge is 2.09. The third-order valence-electron chi connectivity index (χ3n) is 4.03. The first-order valence-electron chi connectivity index (χ1n) is 7.85. The van der Waals surface area contributed by atoms with Crippen LogP contribution in [0.3, 0.4) is 0 Å². The van der Waals surface area contributed by atoms with Crippen LogP contribution in [0.1, 0.15) is 0 Å². The minimum atomic E-state index is -0.533. The van der Waals surface area contributed by atoms with Gasteiger partial charge in [0.25, 0.3) is 5.56 Å². The zero-order valence-corrected chi connectivity index (χ0v) is 13.3. The quantitative estimate of drug-likeness (QED) is 0.557. The third-order valence-corrected chi connectivity index (χ3v) is 4.03. The molecule has 0 saturated carbocycles. The average molecular weight is 329 g/mol. The molecule has 0 fully saturated rings. The van der Waals surface area contributed by atoms with Gasteiger partial charge in [0.2, 0.25) is 0 Å². The molecular formula is C20H15N3O2. The van der Waals surface area contributed by atoms with Gasteiger partial charge in [0, 0.05) is 23.3 Å². The largest absolute Gasteiger partial charge is 0.423 e. The Balaban J connectivity index is 1.70. The highest BCUT2D eigenvalue weighted by molar-refractivity contribution is 5.90. The Morgan fingerprint density at radius 1 is 0.880 bits per heavy atom. The van der Waals surface area contributed by atoms with E-state index in [-0.39, 0.29) is 5.65 Å². The van der Waals surface area contributed by atoms with Crippen molar-refractivity contribution in [2.24, 2.45) is 0 Å². The van der Waals surface area contributed by atoms with Crippen LogP contribution in [0.5, 0.6) is 0 Å². The number of anilines is 2. The van der Waals surface area contributed by atoms with Crippen molar-refractivity contribution >= 4 is 22.4 Å². The maximum absolute atomic E-state index is 11.9. The Kier molecular flexibility index (Phi) is 3.67. The molecule has 0 aliphatic heterocycles. The van der Waals surface area contributed by atoms with Gasteiger partial charge >= 0.3 is 0 Å². The molecule has 4 rings (SSSR count). The van der Waals surface area contributed by atoms with E-state index in [0.717, 1.165) is 16.8 Å². The highest BCUT2D eigenvalue weighted by atomic mass is 16.5. The van der Waals surface area contributed by atoms with Gasteiger partial charge in [-0.2, -0.15) is 0 Å². The third kappa shape index (κ3) is 2.83. The van der Waals surface area contributed by atoms with Crippen molar-refractivity contribution in [2.75, 3.05) is 5.32 Å². The number of nitrogens with zero attached hydrogens (tertiary/aromatic N) is 2. The number of hydrogen-bond acceptors (Lipinski definition) is 4. The van der Waals surface area contributed by atoms with Gasteiger partial charge in [-0.15, -0.1) is 4.73 Å². The molecule has 5 nitrogen and oxygen atoms in total. The molecule has 0 aliphatic carbocycles. The number of benzene rings is 2. The van der Waals surface area contributed by atoms with Gasteiger partial charge < -0.3 is 10.5 Å². The van der Waals surface area contributed by atoms with Crippen molar-refractivity contribution in [3.63, 3.8) is 0 Å². The Bertz CT molecular complexity index is 1090. The van der Waals surface area contributed by atoms with Crippen molar-refractivity contribution in [1.82, 2.24) is 9.71 Å². The van der Waals surface area contributed by atoms with E-state index in [1.165, 1.54) is 12.3 Å². The van der Waals surface area contributed by atoms with Crippen molar-refractivity contribution in [3.8, 4) is 11.1 Å². The number of aromatic nitrogens is 2. The predicted molar refractivity (Wildman–Crippen MR) is 98.3 cm³/mol. The second kappa shape index (κ2) is 6.13. The minimum Gasteiger partial charge on any atom is -0.423 e. The maximum Gasteiger partial charge on any atom is 0.286 e. The lowest BCUT2D eigenvalue weighted by atomic mass is 10.1. The Morgan fingerprint density at radius 3 is 2.36 bits per heavy atom. The van der Waals surface area contributed by atoms with Gasteiger partial charge in [-0.05, 0) is 35.4 Å². The van der Waals surface area contributed by atoms with Crippen LogP contribution in [-0.2, 0) is 0 Å². The molecule has 2 aromatic heterocycles. The second-order valence-corrected chi connectivity index (χ2v) is 5.65. The fourth-order valence-corrected chi connectivity index (χ4v) is 2.78. The first-order valence-corrected chi connectivity index (χ1v) is 7.85. The Hall–Kier alpha value is -3.60. The summed E-state index contributed by atoms with van der Waals surface area (Å²) in [5.41, 5.74) is 3.40. The first-order chi connectivity index (χ1) is 12.2. The number of rotatable bonds is 3. The lowest BCUT2D eigenvalue weighted by Gasteiger charge is -2.11. The lowest BCUT2D eigenvalue weighted by Crippen LogP contribution is -2.18. The van der Waals surface area contributed by atoms with Crippen LogP contribution in [0.15, 0.2) is 83.8 Å². The average Bonchev–Trinajstić information content (AvgIpc) is 2.67. The van der Waals surface area contributed by atoms with E-state index in [0.29, 0.717) is 15.8 Å². The van der Waals surface area contributed by atoms with Gasteiger partial charge in [-0.3, -0.25) is 4.79 Å². The van der Waals surface area contributed by atoms with E-state index in [9.17, 15) is 10.0 Å². The SMILES string of the molecule is O=c1cc(Nc2ccc(-c3ccccc3)cc2)c2cccnc2n1O. The molecule has 0 saturated heterocycles. The van der Waals surface area contributed by atoms with Gasteiger partial charge in [-0.25, -0.2) is 4.98 Å². The normalized spacial score (nSPS) is 10.7. The van der Waals surface area contributed by atoms with Crippen LogP contribution in [-0.4, -0.2) is 14.9 Å². The van der Waals surface area contributed by atoms with Crippen LogP contribution in [0.25, 0.3) is 22.2 Å². The molecule has 5 heteroatoms. The molecule has 25 heavy (non-hydrogen) atoms. The molecule has 0 aliphatic rings. The van der Waals surface area contributed by atoms with Crippen molar-refractivity contribution in [1.29, 1.82) is 0 Å². The summed E-state index contributed by atoms with van der Waals surface area (Å²) in [5.74, 6) is 0. The molecule has 0 atom stereocenters. The fraction of sp³-hybridized carbons (Fsp3) is 0. The van der Waals surface area contributed by atoms with Crippen LogP contribution in [0.2, 0.25) is 0 Å². The van der Waals surface area contributed by atoms with Crippen LogP contribution < -0.4 is 10.9 Å². The zero-order valence-electron chi connectivity index (χ0n) is 13.3. The van der Waals surface area contributed by atoms with E-state index in [1.807, 2.05) is 42.5 Å². The maximum atomic E-state index is 11.9. The van der Waals surface area contributed by atoms with Gasteiger partial charge in [0.15, 0.2) is 5.65 Å². The fourth-order valence-electron chi connectivity index (χ4n) is 2.78. The van der Waals surface area contributed by atoms with Crippen LogP contribution >= 0.6 is 0 Å². The summed E-state index contributed by atoms with van der Waals surface area (Å²) in [6.07, 6.45) is 1.53. The molecule has 0 amide bonds. The summed E-state index contributed by atoms with van der Waals surface area (Å²) in [6, 6.07) is 23.0. The summed E-state index contributed by atoms with van der Waals surface area (Å²) in [4.78, 5) is 16.0. The summed E-state index contributed by atoms with van der Waals surface area (Å²) in [7, 11) is 0. The van der Waals surface area contributed by atoms with Gasteiger partial charge in [-0.1, -0.05) is 42.5 Å². The minimum absolute atomic E-state index is 0.221. The zero-order chi connectivity index (χ0) is 17.2. The first kappa shape index (κ1) is 15.0. The summed E-state index contributed by atoms with van der Waals surface area (Å²) >= 11 is 0. The standard InChI is InChI=1S/C20H15N3O2/c24-19-13-18(17-7-4-12-21-20(17)23(19)25)22-16-10-8-15(9-11-16)14-5-2-1-3-6-14/h1-13,22,25H. The van der Waals surface area contributed by atoms with Crippen LogP contribution in [0, 0.1) is 0 Å². The number of pyridine rings is 2. The molecule has 122 valence electrons. The molecular weight excluding hydrogens is 314 g/mol. The predicted octanol–water partition coefficient (Wildman–Crippen LogP) is 4.04. The molecule has 4 aromatic rings. The summed E-state index contributed by atoms with van der Waals surface area (Å²) < 4.78 is 0.555. The number of fused-ring (bicyclic) bond motifs is 1. The second-order valence-electron chi connectivity index (χ2n) is 5.65.